The van der Waals surface area contributed by atoms with E-state index in [1.807, 2.05) is 19.1 Å². The normalized spacial score (nSPS) is 17.7. The molecule has 0 aliphatic carbocycles. The maximum Gasteiger partial charge on any atom is 0.306 e. The van der Waals surface area contributed by atoms with Crippen molar-refractivity contribution >= 4 is 28.9 Å². The summed E-state index contributed by atoms with van der Waals surface area (Å²) < 4.78 is 0. The van der Waals surface area contributed by atoms with Crippen molar-refractivity contribution in [2.45, 2.75) is 32.6 Å². The van der Waals surface area contributed by atoms with Crippen LogP contribution < -0.4 is 4.90 Å². The Balaban J connectivity index is 1.62. The largest absolute Gasteiger partial charge is 0.309 e. The Bertz CT molecular complexity index is 739. The van der Waals surface area contributed by atoms with Gasteiger partial charge in [0.05, 0.1) is 12.3 Å². The molecule has 0 unspecified atom stereocenters. The van der Waals surface area contributed by atoms with E-state index in [0.29, 0.717) is 18.2 Å². The van der Waals surface area contributed by atoms with Crippen molar-refractivity contribution < 1.29 is 9.63 Å². The van der Waals surface area contributed by atoms with E-state index in [2.05, 4.69) is 20.1 Å². The van der Waals surface area contributed by atoms with Crippen LogP contribution in [0.25, 0.3) is 0 Å². The first-order valence-electron chi connectivity index (χ1n) is 8.25. The SMILES string of the molecule is Cc1ccc(N2CCCc3sc(C(=O)N4CCCCO4)nc32)nn1. The van der Waals surface area contributed by atoms with E-state index in [1.54, 1.807) is 0 Å². The highest BCUT2D eigenvalue weighted by atomic mass is 32.1. The second-order valence-electron chi connectivity index (χ2n) is 6.00. The Morgan fingerprint density at radius 3 is 2.88 bits per heavy atom. The molecular formula is C16H19N5O2S. The van der Waals surface area contributed by atoms with E-state index in [9.17, 15) is 4.79 Å². The minimum atomic E-state index is -0.135. The zero-order valence-corrected chi connectivity index (χ0v) is 14.4. The standard InChI is InChI=1S/C16H19N5O2S/c1-11-6-7-13(19-18-11)20-8-4-5-12-14(20)17-15(24-12)16(22)21-9-2-3-10-23-21/h6-7H,2-5,8-10H2,1H3. The molecule has 0 N–H and O–H groups in total. The zero-order chi connectivity index (χ0) is 16.5. The summed E-state index contributed by atoms with van der Waals surface area (Å²) in [5.41, 5.74) is 0.882. The number of carbonyl (C=O) groups is 1. The number of rotatable bonds is 2. The summed E-state index contributed by atoms with van der Waals surface area (Å²) in [4.78, 5) is 25.9. The van der Waals surface area contributed by atoms with E-state index in [0.717, 1.165) is 54.4 Å². The van der Waals surface area contributed by atoms with E-state index in [4.69, 9.17) is 4.84 Å². The molecule has 0 spiro atoms. The number of anilines is 2. The molecule has 2 aromatic heterocycles. The van der Waals surface area contributed by atoms with E-state index in [1.165, 1.54) is 16.4 Å². The van der Waals surface area contributed by atoms with E-state index in [-0.39, 0.29) is 5.91 Å². The van der Waals surface area contributed by atoms with Crippen LogP contribution in [-0.4, -0.2) is 45.8 Å². The Morgan fingerprint density at radius 1 is 1.21 bits per heavy atom. The van der Waals surface area contributed by atoms with Crippen molar-refractivity contribution in [1.29, 1.82) is 0 Å². The Hall–Kier alpha value is -2.06. The third-order valence-electron chi connectivity index (χ3n) is 4.19. The van der Waals surface area contributed by atoms with Gasteiger partial charge in [-0.3, -0.25) is 9.63 Å². The lowest BCUT2D eigenvalue weighted by atomic mass is 10.2. The molecule has 8 heteroatoms. The molecule has 1 amide bonds. The Labute approximate surface area is 144 Å². The quantitative estimate of drug-likeness (QED) is 0.833. The van der Waals surface area contributed by atoms with Crippen molar-refractivity contribution in [1.82, 2.24) is 20.2 Å². The highest BCUT2D eigenvalue weighted by Crippen LogP contribution is 2.36. The van der Waals surface area contributed by atoms with Crippen LogP contribution in [0.4, 0.5) is 11.6 Å². The number of nitrogens with zero attached hydrogens (tertiary/aromatic N) is 5. The van der Waals surface area contributed by atoms with Gasteiger partial charge in [-0.15, -0.1) is 16.4 Å². The number of aryl methyl sites for hydroxylation is 2. The van der Waals surface area contributed by atoms with Crippen LogP contribution in [0.1, 0.15) is 39.6 Å². The highest BCUT2D eigenvalue weighted by molar-refractivity contribution is 7.14. The number of amides is 1. The second-order valence-corrected chi connectivity index (χ2v) is 7.09. The molecule has 0 aromatic carbocycles. The first-order chi connectivity index (χ1) is 11.7. The number of hydroxylamine groups is 2. The first-order valence-corrected chi connectivity index (χ1v) is 9.06. The molecule has 24 heavy (non-hydrogen) atoms. The highest BCUT2D eigenvalue weighted by Gasteiger charge is 2.29. The van der Waals surface area contributed by atoms with Gasteiger partial charge in [-0.05, 0) is 44.7 Å². The average molecular weight is 345 g/mol. The predicted molar refractivity (Wildman–Crippen MR) is 90.4 cm³/mol. The monoisotopic (exact) mass is 345 g/mol. The van der Waals surface area contributed by atoms with Crippen LogP contribution in [-0.2, 0) is 11.3 Å². The van der Waals surface area contributed by atoms with Crippen molar-refractivity contribution in [3.05, 3.63) is 27.7 Å². The van der Waals surface area contributed by atoms with Crippen LogP contribution in [0.5, 0.6) is 0 Å². The van der Waals surface area contributed by atoms with Crippen LogP contribution in [0.3, 0.4) is 0 Å². The van der Waals surface area contributed by atoms with Gasteiger partial charge in [0, 0.05) is 18.0 Å². The van der Waals surface area contributed by atoms with Gasteiger partial charge in [0.15, 0.2) is 10.8 Å². The summed E-state index contributed by atoms with van der Waals surface area (Å²) in [7, 11) is 0. The molecule has 2 aromatic rings. The Kier molecular flexibility index (Phi) is 4.15. The van der Waals surface area contributed by atoms with E-state index >= 15 is 0 Å². The molecule has 2 aliphatic rings. The molecule has 0 radical (unpaired) electrons. The predicted octanol–water partition coefficient (Wildman–Crippen LogP) is 2.49. The number of hydrogen-bond acceptors (Lipinski definition) is 7. The Morgan fingerprint density at radius 2 is 2.12 bits per heavy atom. The van der Waals surface area contributed by atoms with E-state index < -0.39 is 0 Å². The fraction of sp³-hybridized carbons (Fsp3) is 0.500. The third-order valence-corrected chi connectivity index (χ3v) is 5.28. The fourth-order valence-corrected chi connectivity index (χ4v) is 3.98. The number of thiazole rings is 1. The molecule has 4 heterocycles. The summed E-state index contributed by atoms with van der Waals surface area (Å²) in [5.74, 6) is 1.48. The number of carbonyl (C=O) groups excluding carboxylic acids is 1. The van der Waals surface area contributed by atoms with Crippen molar-refractivity contribution in [3.8, 4) is 0 Å². The number of aromatic nitrogens is 3. The smallest absolute Gasteiger partial charge is 0.306 e. The molecule has 4 rings (SSSR count). The average Bonchev–Trinajstić information content (AvgIpc) is 3.07. The lowest BCUT2D eigenvalue weighted by Crippen LogP contribution is -2.35. The zero-order valence-electron chi connectivity index (χ0n) is 13.6. The fourth-order valence-electron chi connectivity index (χ4n) is 2.94. The molecular weight excluding hydrogens is 326 g/mol. The summed E-state index contributed by atoms with van der Waals surface area (Å²) in [6.45, 7) is 3.98. The second kappa shape index (κ2) is 6.45. The van der Waals surface area contributed by atoms with Gasteiger partial charge >= 0.3 is 5.91 Å². The van der Waals surface area contributed by atoms with Gasteiger partial charge in [-0.1, -0.05) is 0 Å². The van der Waals surface area contributed by atoms with Crippen LogP contribution in [0, 0.1) is 6.92 Å². The van der Waals surface area contributed by atoms with Gasteiger partial charge < -0.3 is 4.90 Å². The molecule has 0 saturated carbocycles. The first kappa shape index (κ1) is 15.5. The number of fused-ring (bicyclic) bond motifs is 1. The third kappa shape index (κ3) is 2.87. The van der Waals surface area contributed by atoms with Crippen LogP contribution >= 0.6 is 11.3 Å². The minimum absolute atomic E-state index is 0.135. The lowest BCUT2D eigenvalue weighted by Gasteiger charge is -2.26. The van der Waals surface area contributed by atoms with Crippen molar-refractivity contribution in [3.63, 3.8) is 0 Å². The van der Waals surface area contributed by atoms with Gasteiger partial charge in [0.25, 0.3) is 0 Å². The molecule has 0 bridgehead atoms. The topological polar surface area (TPSA) is 71.5 Å². The molecule has 1 fully saturated rings. The van der Waals surface area contributed by atoms with Gasteiger partial charge in [0.1, 0.15) is 5.82 Å². The maximum atomic E-state index is 12.6. The minimum Gasteiger partial charge on any atom is -0.309 e. The number of hydrogen-bond donors (Lipinski definition) is 0. The molecule has 0 atom stereocenters. The van der Waals surface area contributed by atoms with Gasteiger partial charge in [-0.2, -0.15) is 5.10 Å². The lowest BCUT2D eigenvalue weighted by molar-refractivity contribution is -0.144. The summed E-state index contributed by atoms with van der Waals surface area (Å²) in [5, 5.41) is 10.3. The maximum absolute atomic E-state index is 12.6. The van der Waals surface area contributed by atoms with Crippen LogP contribution in [0.15, 0.2) is 12.1 Å². The summed E-state index contributed by atoms with van der Waals surface area (Å²) >= 11 is 1.47. The molecule has 126 valence electrons. The van der Waals surface area contributed by atoms with Gasteiger partial charge in [-0.25, -0.2) is 10.0 Å². The van der Waals surface area contributed by atoms with Crippen molar-refractivity contribution in [2.75, 3.05) is 24.6 Å². The van der Waals surface area contributed by atoms with Crippen molar-refractivity contribution in [2.24, 2.45) is 0 Å². The van der Waals surface area contributed by atoms with Crippen LogP contribution in [0.2, 0.25) is 0 Å². The molecule has 1 saturated heterocycles. The molecule has 2 aliphatic heterocycles. The summed E-state index contributed by atoms with van der Waals surface area (Å²) in [6, 6.07) is 3.89. The molecule has 7 nitrogen and oxygen atoms in total. The van der Waals surface area contributed by atoms with Gasteiger partial charge in [0.2, 0.25) is 0 Å². The summed E-state index contributed by atoms with van der Waals surface area (Å²) in [6.07, 6.45) is 3.93.